The molecular formula is C16H20N2O3. The molecule has 1 aliphatic carbocycles. The van der Waals surface area contributed by atoms with Gasteiger partial charge in [0.05, 0.1) is 0 Å². The normalized spacial score (nSPS) is 24.4. The van der Waals surface area contributed by atoms with E-state index in [1.807, 2.05) is 6.07 Å². The molecule has 0 bridgehead atoms. The maximum atomic E-state index is 12.6. The van der Waals surface area contributed by atoms with Crippen LogP contribution in [-0.2, 0) is 16.1 Å². The van der Waals surface area contributed by atoms with E-state index in [2.05, 4.69) is 5.32 Å². The molecule has 1 aliphatic heterocycles. The molecule has 1 spiro atoms. The van der Waals surface area contributed by atoms with Crippen molar-refractivity contribution < 1.29 is 14.7 Å². The van der Waals surface area contributed by atoms with Gasteiger partial charge < -0.3 is 15.3 Å². The Morgan fingerprint density at radius 2 is 2.05 bits per heavy atom. The van der Waals surface area contributed by atoms with Crippen molar-refractivity contribution in [3.8, 4) is 5.75 Å². The van der Waals surface area contributed by atoms with Gasteiger partial charge in [0.2, 0.25) is 11.8 Å². The third-order valence-corrected chi connectivity index (χ3v) is 4.61. The predicted octanol–water partition coefficient (Wildman–Crippen LogP) is 1.55. The van der Waals surface area contributed by atoms with Gasteiger partial charge in [0, 0.05) is 6.54 Å². The van der Waals surface area contributed by atoms with Crippen LogP contribution in [0.2, 0.25) is 0 Å². The number of benzene rings is 1. The average Bonchev–Trinajstić information content (AvgIpc) is 2.93. The number of nitrogens with zero attached hydrogens (tertiary/aromatic N) is 1. The summed E-state index contributed by atoms with van der Waals surface area (Å²) >= 11 is 0. The van der Waals surface area contributed by atoms with Crippen molar-refractivity contribution in [2.45, 2.75) is 50.7 Å². The van der Waals surface area contributed by atoms with Crippen LogP contribution in [0.3, 0.4) is 0 Å². The Bertz CT molecular complexity index is 579. The second-order valence-electron chi connectivity index (χ2n) is 6.03. The van der Waals surface area contributed by atoms with Crippen molar-refractivity contribution in [1.29, 1.82) is 0 Å². The number of nitrogens with one attached hydrogen (secondary N) is 1. The van der Waals surface area contributed by atoms with Gasteiger partial charge >= 0.3 is 0 Å². The monoisotopic (exact) mass is 288 g/mol. The van der Waals surface area contributed by atoms with Crippen LogP contribution >= 0.6 is 0 Å². The minimum absolute atomic E-state index is 0.0350. The summed E-state index contributed by atoms with van der Waals surface area (Å²) in [4.78, 5) is 26.8. The number of phenolic OH excluding ortho intramolecular Hbond substituents is 1. The molecule has 2 N–H and O–H groups in total. The number of aromatic hydroxyl groups is 1. The Hall–Kier alpha value is -2.04. The first-order valence-electron chi connectivity index (χ1n) is 7.43. The second-order valence-corrected chi connectivity index (χ2v) is 6.03. The smallest absolute Gasteiger partial charge is 0.246 e. The molecule has 1 heterocycles. The van der Waals surface area contributed by atoms with Crippen molar-refractivity contribution in [2.24, 2.45) is 0 Å². The Balaban J connectivity index is 1.94. The fraction of sp³-hybridized carbons (Fsp3) is 0.500. The highest BCUT2D eigenvalue weighted by atomic mass is 16.3. The number of amides is 2. The van der Waals surface area contributed by atoms with E-state index in [-0.39, 0.29) is 17.6 Å². The number of phenols is 1. The van der Waals surface area contributed by atoms with Crippen LogP contribution in [0.5, 0.6) is 5.75 Å². The summed E-state index contributed by atoms with van der Waals surface area (Å²) in [6, 6.07) is 6.38. The maximum Gasteiger partial charge on any atom is 0.246 e. The van der Waals surface area contributed by atoms with E-state index < -0.39 is 11.6 Å². The predicted molar refractivity (Wildman–Crippen MR) is 77.5 cm³/mol. The van der Waals surface area contributed by atoms with Gasteiger partial charge in [0.25, 0.3) is 0 Å². The molecule has 5 heteroatoms. The standard InChI is InChI=1S/C16H20N2O3/c1-11-14(20)18(10-12-5-4-6-13(19)9-12)16(15(21)17-11)7-2-3-8-16/h4-6,9,11,19H,2-3,7-8,10H2,1H3,(H,17,21). The van der Waals surface area contributed by atoms with Gasteiger partial charge in [0.15, 0.2) is 0 Å². The molecule has 112 valence electrons. The van der Waals surface area contributed by atoms with Crippen molar-refractivity contribution >= 4 is 11.8 Å². The van der Waals surface area contributed by atoms with Crippen molar-refractivity contribution in [3.63, 3.8) is 0 Å². The first-order chi connectivity index (χ1) is 10.0. The largest absolute Gasteiger partial charge is 0.508 e. The lowest BCUT2D eigenvalue weighted by Gasteiger charge is -2.45. The van der Waals surface area contributed by atoms with E-state index in [9.17, 15) is 14.7 Å². The zero-order valence-electron chi connectivity index (χ0n) is 12.1. The second kappa shape index (κ2) is 5.06. The summed E-state index contributed by atoms with van der Waals surface area (Å²) < 4.78 is 0. The Morgan fingerprint density at radius 3 is 2.71 bits per heavy atom. The van der Waals surface area contributed by atoms with Crippen LogP contribution in [0.25, 0.3) is 0 Å². The van der Waals surface area contributed by atoms with Crippen molar-refractivity contribution in [2.75, 3.05) is 0 Å². The molecule has 1 saturated heterocycles. The van der Waals surface area contributed by atoms with Gasteiger partial charge in [-0.3, -0.25) is 9.59 Å². The molecule has 1 unspecified atom stereocenters. The number of hydrogen-bond donors (Lipinski definition) is 2. The quantitative estimate of drug-likeness (QED) is 0.867. The SMILES string of the molecule is CC1NC(=O)C2(CCCC2)N(Cc2cccc(O)c2)C1=O. The van der Waals surface area contributed by atoms with Gasteiger partial charge in [-0.1, -0.05) is 25.0 Å². The van der Waals surface area contributed by atoms with E-state index in [1.165, 1.54) is 0 Å². The zero-order valence-corrected chi connectivity index (χ0v) is 12.1. The lowest BCUT2D eigenvalue weighted by molar-refractivity contribution is -0.157. The van der Waals surface area contributed by atoms with Crippen LogP contribution in [0, 0.1) is 0 Å². The maximum absolute atomic E-state index is 12.6. The van der Waals surface area contributed by atoms with Gasteiger partial charge in [-0.25, -0.2) is 0 Å². The average molecular weight is 288 g/mol. The van der Waals surface area contributed by atoms with Crippen LogP contribution in [0.4, 0.5) is 0 Å². The summed E-state index contributed by atoms with van der Waals surface area (Å²) in [5.41, 5.74) is 0.145. The minimum Gasteiger partial charge on any atom is -0.508 e. The summed E-state index contributed by atoms with van der Waals surface area (Å²) in [6.45, 7) is 2.09. The van der Waals surface area contributed by atoms with Crippen LogP contribution in [-0.4, -0.2) is 33.4 Å². The molecule has 21 heavy (non-hydrogen) atoms. The number of carbonyl (C=O) groups is 2. The fourth-order valence-corrected chi connectivity index (χ4v) is 3.48. The number of hydrogen-bond acceptors (Lipinski definition) is 3. The Labute approximate surface area is 123 Å². The Morgan fingerprint density at radius 1 is 1.33 bits per heavy atom. The summed E-state index contributed by atoms with van der Waals surface area (Å²) in [5, 5.41) is 12.4. The highest BCUT2D eigenvalue weighted by Gasteiger charge is 2.52. The van der Waals surface area contributed by atoms with Gasteiger partial charge in [-0.15, -0.1) is 0 Å². The molecule has 1 aromatic carbocycles. The highest BCUT2D eigenvalue weighted by molar-refractivity contribution is 5.99. The van der Waals surface area contributed by atoms with Crippen LogP contribution in [0.1, 0.15) is 38.2 Å². The third-order valence-electron chi connectivity index (χ3n) is 4.61. The molecule has 3 rings (SSSR count). The minimum atomic E-state index is -0.699. The molecule has 0 aromatic heterocycles. The summed E-state index contributed by atoms with van der Waals surface area (Å²) in [7, 11) is 0. The third kappa shape index (κ3) is 2.26. The molecular weight excluding hydrogens is 268 g/mol. The van der Waals surface area contributed by atoms with Crippen molar-refractivity contribution in [3.05, 3.63) is 29.8 Å². The first-order valence-corrected chi connectivity index (χ1v) is 7.43. The molecule has 1 saturated carbocycles. The number of piperazine rings is 1. The lowest BCUT2D eigenvalue weighted by atomic mass is 9.89. The molecule has 0 radical (unpaired) electrons. The first kappa shape index (κ1) is 13.9. The lowest BCUT2D eigenvalue weighted by Crippen LogP contribution is -2.68. The van der Waals surface area contributed by atoms with Crippen molar-refractivity contribution in [1.82, 2.24) is 10.2 Å². The van der Waals surface area contributed by atoms with E-state index >= 15 is 0 Å². The highest BCUT2D eigenvalue weighted by Crippen LogP contribution is 2.39. The van der Waals surface area contributed by atoms with Crippen LogP contribution in [0.15, 0.2) is 24.3 Å². The molecule has 2 fully saturated rings. The van der Waals surface area contributed by atoms with E-state index in [1.54, 1.807) is 30.0 Å². The fourth-order valence-electron chi connectivity index (χ4n) is 3.48. The van der Waals surface area contributed by atoms with E-state index in [0.29, 0.717) is 6.54 Å². The molecule has 2 aliphatic rings. The molecule has 1 aromatic rings. The van der Waals surface area contributed by atoms with E-state index in [4.69, 9.17) is 0 Å². The van der Waals surface area contributed by atoms with E-state index in [0.717, 1.165) is 31.2 Å². The molecule has 2 amide bonds. The number of carbonyl (C=O) groups excluding carboxylic acids is 2. The Kier molecular flexibility index (Phi) is 3.35. The zero-order chi connectivity index (χ0) is 15.0. The van der Waals surface area contributed by atoms with Crippen LogP contribution < -0.4 is 5.32 Å². The van der Waals surface area contributed by atoms with Gasteiger partial charge in [-0.2, -0.15) is 0 Å². The molecule has 1 atom stereocenters. The van der Waals surface area contributed by atoms with Gasteiger partial charge in [0.1, 0.15) is 17.3 Å². The molecule has 5 nitrogen and oxygen atoms in total. The summed E-state index contributed by atoms with van der Waals surface area (Å²) in [6.07, 6.45) is 3.36. The van der Waals surface area contributed by atoms with Gasteiger partial charge in [-0.05, 0) is 37.5 Å². The summed E-state index contributed by atoms with van der Waals surface area (Å²) in [5.74, 6) is 0.0991. The number of rotatable bonds is 2. The topological polar surface area (TPSA) is 69.6 Å².